The van der Waals surface area contributed by atoms with Crippen molar-refractivity contribution in [1.82, 2.24) is 0 Å². The van der Waals surface area contributed by atoms with Gasteiger partial charge in [-0.15, -0.1) is 11.6 Å². The summed E-state index contributed by atoms with van der Waals surface area (Å²) in [6.45, 7) is 3.36. The lowest BCUT2D eigenvalue weighted by Gasteiger charge is -2.28. The number of alkyl halides is 1. The number of benzene rings is 2. The lowest BCUT2D eigenvalue weighted by atomic mass is 9.99. The Balaban J connectivity index is 2.28. The summed E-state index contributed by atoms with van der Waals surface area (Å²) >= 11 is 6.36. The zero-order chi connectivity index (χ0) is 15.0. The van der Waals surface area contributed by atoms with Crippen molar-refractivity contribution < 1.29 is 8.42 Å². The van der Waals surface area contributed by atoms with Crippen LogP contribution in [-0.4, -0.2) is 24.8 Å². The summed E-state index contributed by atoms with van der Waals surface area (Å²) in [7, 11) is -3.20. The monoisotopic (exact) mass is 310 g/mol. The summed E-state index contributed by atoms with van der Waals surface area (Å²) in [4.78, 5) is 0. The van der Waals surface area contributed by atoms with Crippen molar-refractivity contribution in [2.75, 3.05) is 6.26 Å². The van der Waals surface area contributed by atoms with Gasteiger partial charge in [0.2, 0.25) is 0 Å². The summed E-state index contributed by atoms with van der Waals surface area (Å²) in [5.41, 5.74) is 1.06. The Bertz CT molecular complexity index is 720. The lowest BCUT2D eigenvalue weighted by molar-refractivity contribution is 0.536. The van der Waals surface area contributed by atoms with Crippen molar-refractivity contribution in [2.45, 2.75) is 30.4 Å². The minimum absolute atomic E-state index is 0.460. The maximum Gasteiger partial charge on any atom is 0.154 e. The van der Waals surface area contributed by atoms with E-state index < -0.39 is 20.0 Å². The normalized spacial score (nSPS) is 14.4. The molecule has 0 saturated carbocycles. The molecule has 0 aromatic heterocycles. The summed E-state index contributed by atoms with van der Waals surface area (Å²) in [6.07, 6.45) is 1.77. The molecule has 0 bridgehead atoms. The second kappa shape index (κ2) is 5.38. The van der Waals surface area contributed by atoms with Crippen molar-refractivity contribution >= 4 is 32.2 Å². The Kier molecular flexibility index (Phi) is 4.12. The Morgan fingerprint density at radius 2 is 1.70 bits per heavy atom. The predicted molar refractivity (Wildman–Crippen MR) is 86.2 cm³/mol. The Morgan fingerprint density at radius 1 is 1.10 bits per heavy atom. The molecule has 0 amide bonds. The van der Waals surface area contributed by atoms with Crippen molar-refractivity contribution in [3.05, 3.63) is 48.0 Å². The first-order valence-electron chi connectivity index (χ1n) is 6.53. The van der Waals surface area contributed by atoms with Gasteiger partial charge in [-0.25, -0.2) is 8.42 Å². The summed E-state index contributed by atoms with van der Waals surface area (Å²) in [5.74, 6) is 0. The van der Waals surface area contributed by atoms with Crippen LogP contribution in [0.25, 0.3) is 10.8 Å². The Hall–Kier alpha value is -1.06. The Labute approximate surface area is 125 Å². The SMILES string of the molecule is CC(C)(C(Cl)Cc1ccc2ccccc2c1)S(C)(=O)=O. The topological polar surface area (TPSA) is 34.1 Å². The van der Waals surface area contributed by atoms with Gasteiger partial charge in [-0.1, -0.05) is 42.5 Å². The van der Waals surface area contributed by atoms with Gasteiger partial charge >= 0.3 is 0 Å². The van der Waals surface area contributed by atoms with Crippen LogP contribution < -0.4 is 0 Å². The highest BCUT2D eigenvalue weighted by Crippen LogP contribution is 2.28. The summed E-state index contributed by atoms with van der Waals surface area (Å²) < 4.78 is 22.7. The van der Waals surface area contributed by atoms with E-state index in [-0.39, 0.29) is 0 Å². The molecule has 0 fully saturated rings. The molecule has 1 unspecified atom stereocenters. The van der Waals surface area contributed by atoms with Gasteiger partial charge in [0.25, 0.3) is 0 Å². The summed E-state index contributed by atoms with van der Waals surface area (Å²) in [6, 6.07) is 14.2. The van der Waals surface area contributed by atoms with Crippen LogP contribution in [0.5, 0.6) is 0 Å². The molecule has 1 atom stereocenters. The molecule has 0 radical (unpaired) electrons. The van der Waals surface area contributed by atoms with Crippen LogP contribution in [0, 0.1) is 0 Å². The smallest absolute Gasteiger partial charge is 0.154 e. The third kappa shape index (κ3) is 2.99. The van der Waals surface area contributed by atoms with E-state index in [1.54, 1.807) is 13.8 Å². The van der Waals surface area contributed by atoms with E-state index in [0.717, 1.165) is 10.9 Å². The van der Waals surface area contributed by atoms with Crippen LogP contribution in [0.4, 0.5) is 0 Å². The minimum Gasteiger partial charge on any atom is -0.229 e. The zero-order valence-corrected chi connectivity index (χ0v) is 13.5. The standard InChI is InChI=1S/C16H19ClO2S/c1-16(2,20(3,18)19)15(17)11-12-8-9-13-6-4-5-7-14(13)10-12/h4-10,15H,11H2,1-3H3. The molecule has 108 valence electrons. The van der Waals surface area contributed by atoms with Crippen molar-refractivity contribution in [3.63, 3.8) is 0 Å². The Morgan fingerprint density at radius 3 is 2.30 bits per heavy atom. The van der Waals surface area contributed by atoms with E-state index in [1.807, 2.05) is 30.3 Å². The molecule has 0 aliphatic rings. The highest BCUT2D eigenvalue weighted by atomic mass is 35.5. The van der Waals surface area contributed by atoms with Crippen molar-refractivity contribution in [2.24, 2.45) is 0 Å². The quantitative estimate of drug-likeness (QED) is 0.805. The second-order valence-corrected chi connectivity index (χ2v) is 8.85. The largest absolute Gasteiger partial charge is 0.229 e. The molecule has 2 rings (SSSR count). The third-order valence-electron chi connectivity index (χ3n) is 3.94. The number of halogens is 1. The number of sulfone groups is 1. The fraction of sp³-hybridized carbons (Fsp3) is 0.375. The maximum atomic E-state index is 11.8. The maximum absolute atomic E-state index is 11.8. The molecule has 0 N–H and O–H groups in total. The molecular formula is C16H19ClO2S. The molecule has 0 aliphatic heterocycles. The van der Waals surface area contributed by atoms with Crippen LogP contribution in [-0.2, 0) is 16.3 Å². The second-order valence-electron chi connectivity index (χ2n) is 5.73. The first kappa shape index (κ1) is 15.3. The average molecular weight is 311 g/mol. The van der Waals surface area contributed by atoms with E-state index in [0.29, 0.717) is 6.42 Å². The number of hydrogen-bond donors (Lipinski definition) is 0. The molecule has 20 heavy (non-hydrogen) atoms. The van der Waals surface area contributed by atoms with E-state index in [2.05, 4.69) is 12.1 Å². The number of hydrogen-bond acceptors (Lipinski definition) is 2. The molecule has 2 aromatic carbocycles. The molecule has 2 nitrogen and oxygen atoms in total. The van der Waals surface area contributed by atoms with Crippen molar-refractivity contribution in [1.29, 1.82) is 0 Å². The first-order chi connectivity index (χ1) is 9.22. The van der Waals surface area contributed by atoms with E-state index in [4.69, 9.17) is 11.6 Å². The van der Waals surface area contributed by atoms with Gasteiger partial charge in [0, 0.05) is 6.26 Å². The lowest BCUT2D eigenvalue weighted by Crippen LogP contribution is -2.41. The van der Waals surface area contributed by atoms with Crippen molar-refractivity contribution in [3.8, 4) is 0 Å². The molecule has 0 saturated heterocycles. The predicted octanol–water partition coefficient (Wildman–Crippen LogP) is 3.81. The van der Waals surface area contributed by atoms with Gasteiger partial charge in [-0.3, -0.25) is 0 Å². The summed E-state index contributed by atoms with van der Waals surface area (Å²) in [5, 5.41) is 1.86. The van der Waals surface area contributed by atoms with Gasteiger partial charge in [0.15, 0.2) is 9.84 Å². The van der Waals surface area contributed by atoms with E-state index in [9.17, 15) is 8.42 Å². The van der Waals surface area contributed by atoms with Crippen LogP contribution in [0.2, 0.25) is 0 Å². The van der Waals surface area contributed by atoms with Crippen LogP contribution in [0.15, 0.2) is 42.5 Å². The molecule has 0 aliphatic carbocycles. The van der Waals surface area contributed by atoms with Crippen LogP contribution in [0.1, 0.15) is 19.4 Å². The molecule has 2 aromatic rings. The van der Waals surface area contributed by atoms with Gasteiger partial charge in [-0.05, 0) is 36.6 Å². The molecular weight excluding hydrogens is 292 g/mol. The van der Waals surface area contributed by atoms with Crippen LogP contribution in [0.3, 0.4) is 0 Å². The van der Waals surface area contributed by atoms with Gasteiger partial charge < -0.3 is 0 Å². The van der Waals surface area contributed by atoms with Gasteiger partial charge in [0.1, 0.15) is 0 Å². The highest BCUT2D eigenvalue weighted by Gasteiger charge is 2.37. The fourth-order valence-electron chi connectivity index (χ4n) is 2.05. The highest BCUT2D eigenvalue weighted by molar-refractivity contribution is 7.92. The van der Waals surface area contributed by atoms with Crippen LogP contribution >= 0.6 is 11.6 Å². The van der Waals surface area contributed by atoms with E-state index in [1.165, 1.54) is 11.6 Å². The minimum atomic E-state index is -3.20. The van der Waals surface area contributed by atoms with E-state index >= 15 is 0 Å². The number of rotatable bonds is 4. The molecule has 0 heterocycles. The number of fused-ring (bicyclic) bond motifs is 1. The zero-order valence-electron chi connectivity index (χ0n) is 11.9. The molecule has 0 spiro atoms. The fourth-order valence-corrected chi connectivity index (χ4v) is 3.26. The third-order valence-corrected chi connectivity index (χ3v) is 6.96. The van der Waals surface area contributed by atoms with Gasteiger partial charge in [-0.2, -0.15) is 0 Å². The average Bonchev–Trinajstić information content (AvgIpc) is 2.37. The first-order valence-corrected chi connectivity index (χ1v) is 8.86. The van der Waals surface area contributed by atoms with Gasteiger partial charge in [0.05, 0.1) is 10.1 Å². The molecule has 4 heteroatoms.